The largest absolute Gasteiger partial charge is 0.324 e. The van der Waals surface area contributed by atoms with Gasteiger partial charge < -0.3 is 5.73 Å². The minimum Gasteiger partial charge on any atom is -0.324 e. The predicted molar refractivity (Wildman–Crippen MR) is 74.4 cm³/mol. The topological polar surface area (TPSA) is 43.8 Å². The lowest BCUT2D eigenvalue weighted by Crippen LogP contribution is -2.11. The van der Waals surface area contributed by atoms with Crippen LogP contribution in [0.2, 0.25) is 0 Å². The molecule has 3 nitrogen and oxygen atoms in total. The van der Waals surface area contributed by atoms with Crippen LogP contribution in [0, 0.1) is 13.8 Å². The lowest BCUT2D eigenvalue weighted by atomic mass is 9.99. The molecule has 1 aromatic heterocycles. The minimum atomic E-state index is 0.102. The van der Waals surface area contributed by atoms with Crippen LogP contribution < -0.4 is 5.73 Å². The van der Waals surface area contributed by atoms with E-state index in [-0.39, 0.29) is 6.04 Å². The van der Waals surface area contributed by atoms with E-state index in [1.807, 2.05) is 29.9 Å². The molecule has 0 amide bonds. The zero-order chi connectivity index (χ0) is 13.1. The first-order chi connectivity index (χ1) is 8.59. The van der Waals surface area contributed by atoms with E-state index in [9.17, 15) is 0 Å². The van der Waals surface area contributed by atoms with Gasteiger partial charge in [-0.2, -0.15) is 5.10 Å². The number of aryl methyl sites for hydroxylation is 2. The molecule has 0 bridgehead atoms. The molecule has 0 aliphatic carbocycles. The fourth-order valence-electron chi connectivity index (χ4n) is 2.35. The minimum absolute atomic E-state index is 0.102. The van der Waals surface area contributed by atoms with Gasteiger partial charge in [0.25, 0.3) is 0 Å². The maximum Gasteiger partial charge on any atom is 0.0628 e. The highest BCUT2D eigenvalue weighted by molar-refractivity contribution is 5.25. The first-order valence-corrected chi connectivity index (χ1v) is 6.39. The van der Waals surface area contributed by atoms with E-state index < -0.39 is 0 Å². The zero-order valence-electron chi connectivity index (χ0n) is 11.4. The van der Waals surface area contributed by atoms with Gasteiger partial charge >= 0.3 is 0 Å². The Morgan fingerprint density at radius 2 is 1.89 bits per heavy atom. The SMILES string of the molecule is Cc1nn(C)c(C)c1CCC(N)c1ccccc1. The number of hydrogen-bond acceptors (Lipinski definition) is 2. The smallest absolute Gasteiger partial charge is 0.0628 e. The lowest BCUT2D eigenvalue weighted by Gasteiger charge is -2.12. The van der Waals surface area contributed by atoms with Crippen molar-refractivity contribution in [2.45, 2.75) is 32.7 Å². The Kier molecular flexibility index (Phi) is 3.82. The molecule has 2 N–H and O–H groups in total. The molecular formula is C15H21N3. The van der Waals surface area contributed by atoms with Crippen LogP contribution in [-0.4, -0.2) is 9.78 Å². The summed E-state index contributed by atoms with van der Waals surface area (Å²) in [6, 6.07) is 10.4. The van der Waals surface area contributed by atoms with Gasteiger partial charge in [0.1, 0.15) is 0 Å². The molecule has 0 saturated heterocycles. The first-order valence-electron chi connectivity index (χ1n) is 6.39. The van der Waals surface area contributed by atoms with E-state index in [2.05, 4.69) is 31.1 Å². The molecule has 0 saturated carbocycles. The van der Waals surface area contributed by atoms with Gasteiger partial charge in [0.05, 0.1) is 5.69 Å². The van der Waals surface area contributed by atoms with Crippen molar-refractivity contribution < 1.29 is 0 Å². The quantitative estimate of drug-likeness (QED) is 0.897. The van der Waals surface area contributed by atoms with Crippen molar-refractivity contribution >= 4 is 0 Å². The molecule has 0 fully saturated rings. The van der Waals surface area contributed by atoms with Crippen molar-refractivity contribution in [1.82, 2.24) is 9.78 Å². The molecular weight excluding hydrogens is 222 g/mol. The molecule has 1 heterocycles. The van der Waals surface area contributed by atoms with E-state index in [4.69, 9.17) is 5.73 Å². The third kappa shape index (κ3) is 2.62. The number of hydrogen-bond donors (Lipinski definition) is 1. The summed E-state index contributed by atoms with van der Waals surface area (Å²) >= 11 is 0. The summed E-state index contributed by atoms with van der Waals surface area (Å²) < 4.78 is 1.94. The van der Waals surface area contributed by atoms with Gasteiger partial charge in [0.15, 0.2) is 0 Å². The second-order valence-electron chi connectivity index (χ2n) is 4.83. The fourth-order valence-corrected chi connectivity index (χ4v) is 2.35. The molecule has 1 unspecified atom stereocenters. The van der Waals surface area contributed by atoms with Crippen molar-refractivity contribution in [2.24, 2.45) is 12.8 Å². The summed E-state index contributed by atoms with van der Waals surface area (Å²) in [5, 5.41) is 4.44. The number of aromatic nitrogens is 2. The van der Waals surface area contributed by atoms with Crippen LogP contribution in [-0.2, 0) is 13.5 Å². The monoisotopic (exact) mass is 243 g/mol. The van der Waals surface area contributed by atoms with Gasteiger partial charge in [-0.05, 0) is 37.8 Å². The van der Waals surface area contributed by atoms with Crippen molar-refractivity contribution in [3.05, 3.63) is 52.8 Å². The Morgan fingerprint density at radius 1 is 1.22 bits per heavy atom. The fraction of sp³-hybridized carbons (Fsp3) is 0.400. The summed E-state index contributed by atoms with van der Waals surface area (Å²) in [7, 11) is 1.99. The molecule has 18 heavy (non-hydrogen) atoms. The van der Waals surface area contributed by atoms with Crippen molar-refractivity contribution in [2.75, 3.05) is 0 Å². The summed E-state index contributed by atoms with van der Waals surface area (Å²) in [6.45, 7) is 4.18. The Bertz CT molecular complexity index is 514. The number of rotatable bonds is 4. The second kappa shape index (κ2) is 5.36. The Labute approximate surface area is 109 Å². The number of nitrogens with two attached hydrogens (primary N) is 1. The summed E-state index contributed by atoms with van der Waals surface area (Å²) in [5.74, 6) is 0. The Hall–Kier alpha value is -1.61. The van der Waals surface area contributed by atoms with Crippen molar-refractivity contribution in [1.29, 1.82) is 0 Å². The van der Waals surface area contributed by atoms with Gasteiger partial charge in [-0.1, -0.05) is 30.3 Å². The van der Waals surface area contributed by atoms with Crippen LogP contribution in [0.15, 0.2) is 30.3 Å². The van der Waals surface area contributed by atoms with Crippen LogP contribution in [0.1, 0.15) is 35.0 Å². The van der Waals surface area contributed by atoms with E-state index >= 15 is 0 Å². The molecule has 2 aromatic rings. The Morgan fingerprint density at radius 3 is 2.44 bits per heavy atom. The number of nitrogens with zero attached hydrogens (tertiary/aromatic N) is 2. The van der Waals surface area contributed by atoms with Crippen molar-refractivity contribution in [3.63, 3.8) is 0 Å². The van der Waals surface area contributed by atoms with E-state index in [1.54, 1.807) is 0 Å². The molecule has 96 valence electrons. The summed E-state index contributed by atoms with van der Waals surface area (Å²) in [5.41, 5.74) is 11.1. The first kappa shape index (κ1) is 12.8. The average Bonchev–Trinajstić information content (AvgIpc) is 2.62. The molecule has 0 aliphatic heterocycles. The molecule has 0 radical (unpaired) electrons. The zero-order valence-corrected chi connectivity index (χ0v) is 11.4. The summed E-state index contributed by atoms with van der Waals surface area (Å²) in [4.78, 5) is 0. The van der Waals surface area contributed by atoms with Gasteiger partial charge in [-0.3, -0.25) is 4.68 Å². The summed E-state index contributed by atoms with van der Waals surface area (Å²) in [6.07, 6.45) is 1.94. The van der Waals surface area contributed by atoms with Crippen LogP contribution >= 0.6 is 0 Å². The molecule has 0 aliphatic rings. The molecule has 0 spiro atoms. The standard InChI is InChI=1S/C15H21N3/c1-11-14(12(2)18(3)17-11)9-10-15(16)13-7-5-4-6-8-13/h4-8,15H,9-10,16H2,1-3H3. The molecule has 2 rings (SSSR count). The third-order valence-electron chi connectivity index (χ3n) is 3.59. The van der Waals surface area contributed by atoms with Crippen LogP contribution in [0.4, 0.5) is 0 Å². The van der Waals surface area contributed by atoms with Crippen molar-refractivity contribution in [3.8, 4) is 0 Å². The lowest BCUT2D eigenvalue weighted by molar-refractivity contribution is 0.647. The highest BCUT2D eigenvalue weighted by Crippen LogP contribution is 2.20. The molecule has 3 heteroatoms. The van der Waals surface area contributed by atoms with Crippen LogP contribution in [0.25, 0.3) is 0 Å². The Balaban J connectivity index is 2.04. The molecule has 1 atom stereocenters. The maximum absolute atomic E-state index is 6.22. The highest BCUT2D eigenvalue weighted by atomic mass is 15.3. The molecule has 1 aromatic carbocycles. The van der Waals surface area contributed by atoms with Gasteiger partial charge in [-0.25, -0.2) is 0 Å². The van der Waals surface area contributed by atoms with Gasteiger partial charge in [0.2, 0.25) is 0 Å². The highest BCUT2D eigenvalue weighted by Gasteiger charge is 2.12. The maximum atomic E-state index is 6.22. The third-order valence-corrected chi connectivity index (χ3v) is 3.59. The van der Waals surface area contributed by atoms with E-state index in [0.717, 1.165) is 18.5 Å². The average molecular weight is 243 g/mol. The van der Waals surface area contributed by atoms with E-state index in [0.29, 0.717) is 0 Å². The van der Waals surface area contributed by atoms with Gasteiger partial charge in [-0.15, -0.1) is 0 Å². The van der Waals surface area contributed by atoms with Gasteiger partial charge in [0, 0.05) is 18.8 Å². The normalized spacial score (nSPS) is 12.7. The predicted octanol–water partition coefficient (Wildman–Crippen LogP) is 2.67. The van der Waals surface area contributed by atoms with Crippen LogP contribution in [0.5, 0.6) is 0 Å². The number of benzene rings is 1. The second-order valence-corrected chi connectivity index (χ2v) is 4.83. The van der Waals surface area contributed by atoms with Crippen LogP contribution in [0.3, 0.4) is 0 Å². The van der Waals surface area contributed by atoms with E-state index in [1.165, 1.54) is 16.8 Å².